The van der Waals surface area contributed by atoms with E-state index in [4.69, 9.17) is 15.0 Å². The van der Waals surface area contributed by atoms with Crippen LogP contribution in [0.1, 0.15) is 11.3 Å². The molecule has 0 aliphatic rings. The second-order valence-electron chi connectivity index (χ2n) is 6.15. The summed E-state index contributed by atoms with van der Waals surface area (Å²) in [5, 5.41) is 8.69. The van der Waals surface area contributed by atoms with Gasteiger partial charge in [0.15, 0.2) is 5.82 Å². The summed E-state index contributed by atoms with van der Waals surface area (Å²) in [5.41, 5.74) is 1.84. The fraction of sp³-hybridized carbons (Fsp3) is 0.316. The minimum Gasteiger partial charge on any atom is -0.469 e. The molecule has 9 heteroatoms. The lowest BCUT2D eigenvalue weighted by Crippen LogP contribution is -2.34. The van der Waals surface area contributed by atoms with Crippen molar-refractivity contribution in [3.63, 3.8) is 0 Å². The zero-order valence-corrected chi connectivity index (χ0v) is 16.7. The first-order valence-electron chi connectivity index (χ1n) is 8.78. The summed E-state index contributed by atoms with van der Waals surface area (Å²) in [6, 6.07) is 11.6. The molecule has 0 fully saturated rings. The van der Waals surface area contributed by atoms with E-state index in [1.54, 1.807) is 24.3 Å². The molecule has 0 aliphatic heterocycles. The molecule has 2 aromatic heterocycles. The van der Waals surface area contributed by atoms with E-state index in [-0.39, 0.29) is 11.7 Å². The SMILES string of the molecule is COCCN(Cc1ccccc1)C(=O)CSc1nnc(-c2ccoc2C)n1N. The van der Waals surface area contributed by atoms with E-state index >= 15 is 0 Å². The standard InChI is InChI=1S/C19H23N5O3S/c1-14-16(8-10-27-14)18-21-22-19(24(18)20)28-13-17(25)23(9-11-26-2)12-15-6-4-3-5-7-15/h3-8,10H,9,11-13,20H2,1-2H3. The van der Waals surface area contributed by atoms with Crippen molar-refractivity contribution in [2.24, 2.45) is 0 Å². The van der Waals surface area contributed by atoms with Gasteiger partial charge in [-0.25, -0.2) is 4.68 Å². The van der Waals surface area contributed by atoms with Gasteiger partial charge in [-0.15, -0.1) is 10.2 Å². The fourth-order valence-electron chi connectivity index (χ4n) is 2.69. The van der Waals surface area contributed by atoms with Crippen molar-refractivity contribution in [1.29, 1.82) is 0 Å². The highest BCUT2D eigenvalue weighted by molar-refractivity contribution is 7.99. The molecular weight excluding hydrogens is 378 g/mol. The number of hydrogen-bond acceptors (Lipinski definition) is 7. The second kappa shape index (κ2) is 9.43. The third kappa shape index (κ3) is 4.73. The number of aryl methyl sites for hydroxylation is 1. The molecule has 8 nitrogen and oxygen atoms in total. The van der Waals surface area contributed by atoms with Gasteiger partial charge in [0.05, 0.1) is 24.2 Å². The molecule has 0 aliphatic carbocycles. The topological polar surface area (TPSA) is 99.4 Å². The van der Waals surface area contributed by atoms with Gasteiger partial charge in [-0.3, -0.25) is 4.79 Å². The predicted molar refractivity (Wildman–Crippen MR) is 107 cm³/mol. The number of carbonyl (C=O) groups is 1. The Hall–Kier alpha value is -2.78. The molecule has 0 spiro atoms. The van der Waals surface area contributed by atoms with Crippen LogP contribution in [-0.4, -0.2) is 51.7 Å². The average molecular weight is 401 g/mol. The minimum atomic E-state index is -0.0186. The largest absolute Gasteiger partial charge is 0.469 e. The third-order valence-corrected chi connectivity index (χ3v) is 5.15. The predicted octanol–water partition coefficient (Wildman–Crippen LogP) is 2.33. The van der Waals surface area contributed by atoms with Crippen molar-refractivity contribution < 1.29 is 13.9 Å². The maximum Gasteiger partial charge on any atom is 0.233 e. The van der Waals surface area contributed by atoms with Gasteiger partial charge in [-0.1, -0.05) is 42.1 Å². The van der Waals surface area contributed by atoms with Crippen LogP contribution in [0.15, 0.2) is 52.2 Å². The smallest absolute Gasteiger partial charge is 0.233 e. The van der Waals surface area contributed by atoms with Crippen LogP contribution in [0.2, 0.25) is 0 Å². The molecule has 28 heavy (non-hydrogen) atoms. The van der Waals surface area contributed by atoms with Crippen molar-refractivity contribution in [3.05, 3.63) is 54.0 Å². The lowest BCUT2D eigenvalue weighted by Gasteiger charge is -2.22. The number of carbonyl (C=O) groups excluding carboxylic acids is 1. The van der Waals surface area contributed by atoms with Crippen LogP contribution in [-0.2, 0) is 16.1 Å². The molecular formula is C19H23N5O3S. The molecule has 148 valence electrons. The summed E-state index contributed by atoms with van der Waals surface area (Å²) < 4.78 is 11.8. The van der Waals surface area contributed by atoms with E-state index in [0.717, 1.165) is 11.1 Å². The van der Waals surface area contributed by atoms with Crippen molar-refractivity contribution >= 4 is 17.7 Å². The molecule has 1 aromatic carbocycles. The molecule has 0 saturated heterocycles. The Bertz CT molecular complexity index is 909. The Balaban J connectivity index is 1.65. The normalized spacial score (nSPS) is 10.9. The number of amides is 1. The summed E-state index contributed by atoms with van der Waals surface area (Å²) in [4.78, 5) is 14.5. The second-order valence-corrected chi connectivity index (χ2v) is 7.09. The average Bonchev–Trinajstić information content (AvgIpc) is 3.29. The van der Waals surface area contributed by atoms with Gasteiger partial charge in [0, 0.05) is 20.2 Å². The van der Waals surface area contributed by atoms with E-state index < -0.39 is 0 Å². The number of rotatable bonds is 9. The first-order chi connectivity index (χ1) is 13.6. The number of methoxy groups -OCH3 is 1. The van der Waals surface area contributed by atoms with Crippen LogP contribution >= 0.6 is 11.8 Å². The van der Waals surface area contributed by atoms with Crippen LogP contribution < -0.4 is 5.84 Å². The summed E-state index contributed by atoms with van der Waals surface area (Å²) in [6.07, 6.45) is 1.58. The number of ether oxygens (including phenoxy) is 1. The molecule has 0 saturated carbocycles. The highest BCUT2D eigenvalue weighted by Crippen LogP contribution is 2.25. The van der Waals surface area contributed by atoms with Gasteiger partial charge in [-0.2, -0.15) is 0 Å². The van der Waals surface area contributed by atoms with Crippen LogP contribution in [0.5, 0.6) is 0 Å². The van der Waals surface area contributed by atoms with Crippen LogP contribution in [0.25, 0.3) is 11.4 Å². The number of benzene rings is 1. The monoisotopic (exact) mass is 401 g/mol. The number of thioether (sulfide) groups is 1. The summed E-state index contributed by atoms with van der Waals surface area (Å²) in [7, 11) is 1.62. The van der Waals surface area contributed by atoms with Crippen LogP contribution in [0, 0.1) is 6.92 Å². The Morgan fingerprint density at radius 1 is 1.29 bits per heavy atom. The van der Waals surface area contributed by atoms with Gasteiger partial charge < -0.3 is 19.9 Å². The molecule has 3 aromatic rings. The minimum absolute atomic E-state index is 0.0186. The van der Waals surface area contributed by atoms with Gasteiger partial charge in [0.1, 0.15) is 5.76 Å². The summed E-state index contributed by atoms with van der Waals surface area (Å²) in [5.74, 6) is 7.51. The molecule has 1 amide bonds. The number of furan rings is 1. The van der Waals surface area contributed by atoms with Gasteiger partial charge in [0.2, 0.25) is 11.1 Å². The number of nitrogens with zero attached hydrogens (tertiary/aromatic N) is 4. The van der Waals surface area contributed by atoms with Gasteiger partial charge >= 0.3 is 0 Å². The Morgan fingerprint density at radius 2 is 2.07 bits per heavy atom. The maximum absolute atomic E-state index is 12.8. The number of hydrogen-bond donors (Lipinski definition) is 1. The van der Waals surface area contributed by atoms with E-state index in [9.17, 15) is 4.79 Å². The maximum atomic E-state index is 12.8. The summed E-state index contributed by atoms with van der Waals surface area (Å²) >= 11 is 1.25. The van der Waals surface area contributed by atoms with Crippen LogP contribution in [0.3, 0.4) is 0 Å². The van der Waals surface area contributed by atoms with E-state index in [2.05, 4.69) is 10.2 Å². The molecule has 0 bridgehead atoms. The number of nitrogen functional groups attached to an aromatic ring is 1. The first kappa shape index (κ1) is 20.0. The van der Waals surface area contributed by atoms with Crippen molar-refractivity contribution in [2.45, 2.75) is 18.6 Å². The molecule has 2 N–H and O–H groups in total. The van der Waals surface area contributed by atoms with Crippen molar-refractivity contribution in [1.82, 2.24) is 19.8 Å². The molecule has 0 radical (unpaired) electrons. The first-order valence-corrected chi connectivity index (χ1v) is 9.77. The zero-order valence-electron chi connectivity index (χ0n) is 15.9. The van der Waals surface area contributed by atoms with E-state index in [1.165, 1.54) is 16.4 Å². The quantitative estimate of drug-likeness (QED) is 0.434. The van der Waals surface area contributed by atoms with Crippen molar-refractivity contribution in [3.8, 4) is 11.4 Å². The van der Waals surface area contributed by atoms with E-state index in [1.807, 2.05) is 37.3 Å². The number of aromatic nitrogens is 3. The van der Waals surface area contributed by atoms with Gasteiger partial charge in [0.25, 0.3) is 0 Å². The summed E-state index contributed by atoms with van der Waals surface area (Å²) in [6.45, 7) is 3.34. The highest BCUT2D eigenvalue weighted by Gasteiger charge is 2.19. The number of nitrogens with two attached hydrogens (primary N) is 1. The third-order valence-electron chi connectivity index (χ3n) is 4.22. The van der Waals surface area contributed by atoms with E-state index in [0.29, 0.717) is 36.4 Å². The molecule has 0 atom stereocenters. The Morgan fingerprint density at radius 3 is 2.75 bits per heavy atom. The molecule has 3 rings (SSSR count). The molecule has 0 unspecified atom stereocenters. The lowest BCUT2D eigenvalue weighted by molar-refractivity contribution is -0.129. The fourth-order valence-corrected chi connectivity index (χ4v) is 3.45. The Kier molecular flexibility index (Phi) is 6.72. The highest BCUT2D eigenvalue weighted by atomic mass is 32.2. The van der Waals surface area contributed by atoms with Gasteiger partial charge in [-0.05, 0) is 18.6 Å². The Labute approximate surface area is 167 Å². The zero-order chi connectivity index (χ0) is 19.9. The van der Waals surface area contributed by atoms with Crippen LogP contribution in [0.4, 0.5) is 0 Å². The van der Waals surface area contributed by atoms with Crippen molar-refractivity contribution in [2.75, 3.05) is 31.9 Å². The molecule has 2 heterocycles. The lowest BCUT2D eigenvalue weighted by atomic mass is 10.2.